The Bertz CT molecular complexity index is 211. The van der Waals surface area contributed by atoms with Gasteiger partial charge in [-0.1, -0.05) is 27.7 Å². The minimum atomic E-state index is 0.560. The van der Waals surface area contributed by atoms with Gasteiger partial charge in [0.25, 0.3) is 0 Å². The number of hydrogen-bond acceptors (Lipinski definition) is 2. The van der Waals surface area contributed by atoms with Gasteiger partial charge in [0.05, 0.1) is 0 Å². The molecule has 17 heavy (non-hydrogen) atoms. The Morgan fingerprint density at radius 1 is 1.12 bits per heavy atom. The van der Waals surface area contributed by atoms with Crippen LogP contribution in [0.25, 0.3) is 0 Å². The maximum atomic E-state index is 3.52. The molecule has 102 valence electrons. The second-order valence-corrected chi connectivity index (χ2v) is 6.80. The zero-order valence-electron chi connectivity index (χ0n) is 12.6. The molecule has 0 aromatic heterocycles. The van der Waals surface area contributed by atoms with Crippen LogP contribution in [0, 0.1) is 5.41 Å². The van der Waals surface area contributed by atoms with Gasteiger partial charge in [0.15, 0.2) is 0 Å². The Morgan fingerprint density at radius 3 is 2.47 bits per heavy atom. The third-order valence-corrected chi connectivity index (χ3v) is 4.11. The lowest BCUT2D eigenvalue weighted by Crippen LogP contribution is -2.37. The van der Waals surface area contributed by atoms with Crippen molar-refractivity contribution in [2.24, 2.45) is 5.41 Å². The van der Waals surface area contributed by atoms with E-state index in [1.54, 1.807) is 0 Å². The van der Waals surface area contributed by atoms with Crippen molar-refractivity contribution in [1.29, 1.82) is 0 Å². The van der Waals surface area contributed by atoms with Crippen molar-refractivity contribution in [3.63, 3.8) is 0 Å². The molecule has 0 spiro atoms. The molecular weight excluding hydrogens is 208 g/mol. The fourth-order valence-corrected chi connectivity index (χ4v) is 2.65. The molecule has 0 aromatic carbocycles. The molecule has 0 radical (unpaired) electrons. The molecule has 1 rings (SSSR count). The summed E-state index contributed by atoms with van der Waals surface area (Å²) in [5.41, 5.74) is 0.560. The molecule has 1 heterocycles. The van der Waals surface area contributed by atoms with Gasteiger partial charge in [0.1, 0.15) is 0 Å². The van der Waals surface area contributed by atoms with Gasteiger partial charge in [-0.3, -0.25) is 0 Å². The third-order valence-electron chi connectivity index (χ3n) is 4.11. The van der Waals surface area contributed by atoms with E-state index in [1.165, 1.54) is 38.8 Å². The van der Waals surface area contributed by atoms with E-state index in [0.717, 1.165) is 12.6 Å². The number of rotatable bonds is 5. The molecule has 0 saturated carbocycles. The van der Waals surface area contributed by atoms with Crippen LogP contribution in [0.4, 0.5) is 0 Å². The van der Waals surface area contributed by atoms with E-state index in [2.05, 4.69) is 44.8 Å². The largest absolute Gasteiger partial charge is 0.314 e. The Hall–Kier alpha value is -0.0800. The maximum Gasteiger partial charge on any atom is 0.00790 e. The summed E-state index contributed by atoms with van der Waals surface area (Å²) in [5, 5.41) is 3.52. The van der Waals surface area contributed by atoms with Crippen LogP contribution < -0.4 is 5.32 Å². The maximum absolute atomic E-state index is 3.52. The van der Waals surface area contributed by atoms with Gasteiger partial charge in [0.2, 0.25) is 0 Å². The molecule has 1 fully saturated rings. The Labute approximate surface area is 108 Å². The van der Waals surface area contributed by atoms with E-state index >= 15 is 0 Å². The fraction of sp³-hybridized carbons (Fsp3) is 1.00. The van der Waals surface area contributed by atoms with Crippen molar-refractivity contribution in [3.8, 4) is 0 Å². The summed E-state index contributed by atoms with van der Waals surface area (Å²) in [6.45, 7) is 15.4. The van der Waals surface area contributed by atoms with Crippen molar-refractivity contribution in [2.45, 2.75) is 72.4 Å². The number of nitrogens with zero attached hydrogens (tertiary/aromatic N) is 1. The number of likely N-dealkylation sites (tertiary alicyclic amines) is 1. The second kappa shape index (κ2) is 6.75. The van der Waals surface area contributed by atoms with Gasteiger partial charge in [-0.05, 0) is 57.7 Å². The molecule has 2 nitrogen and oxygen atoms in total. The molecule has 1 aliphatic heterocycles. The van der Waals surface area contributed by atoms with Crippen LogP contribution in [0.1, 0.15) is 60.3 Å². The lowest BCUT2D eigenvalue weighted by Gasteiger charge is -2.29. The predicted molar refractivity (Wildman–Crippen MR) is 76.4 cm³/mol. The summed E-state index contributed by atoms with van der Waals surface area (Å²) in [7, 11) is 0. The average molecular weight is 240 g/mol. The Morgan fingerprint density at radius 2 is 1.82 bits per heavy atom. The van der Waals surface area contributed by atoms with Crippen LogP contribution >= 0.6 is 0 Å². The summed E-state index contributed by atoms with van der Waals surface area (Å²) < 4.78 is 0. The first kappa shape index (κ1) is 15.0. The molecule has 1 saturated heterocycles. The summed E-state index contributed by atoms with van der Waals surface area (Å²) in [6, 6.07) is 1.35. The van der Waals surface area contributed by atoms with E-state index in [4.69, 9.17) is 0 Å². The predicted octanol–water partition coefficient (Wildman–Crippen LogP) is 3.28. The molecule has 0 aromatic rings. The molecular formula is C15H32N2. The smallest absolute Gasteiger partial charge is 0.00790 e. The molecule has 1 N–H and O–H groups in total. The molecule has 1 atom stereocenters. The van der Waals surface area contributed by atoms with Crippen molar-refractivity contribution in [3.05, 3.63) is 0 Å². The lowest BCUT2D eigenvalue weighted by molar-refractivity contribution is 0.196. The zero-order valence-corrected chi connectivity index (χ0v) is 12.6. The van der Waals surface area contributed by atoms with Gasteiger partial charge < -0.3 is 10.2 Å². The van der Waals surface area contributed by atoms with E-state index < -0.39 is 0 Å². The molecule has 1 unspecified atom stereocenters. The van der Waals surface area contributed by atoms with Gasteiger partial charge in [-0.15, -0.1) is 0 Å². The van der Waals surface area contributed by atoms with E-state index in [1.807, 2.05) is 0 Å². The van der Waals surface area contributed by atoms with Gasteiger partial charge in [-0.25, -0.2) is 0 Å². The minimum absolute atomic E-state index is 0.560. The standard InChI is InChI=1S/C15H32N2/c1-13(2)16-10-7-14(3)17-11-6-8-15(4,5)9-12-17/h13-14,16H,6-12H2,1-5H3. The van der Waals surface area contributed by atoms with Gasteiger partial charge in [0, 0.05) is 12.1 Å². The van der Waals surface area contributed by atoms with Crippen molar-refractivity contribution in [1.82, 2.24) is 10.2 Å². The zero-order chi connectivity index (χ0) is 12.9. The quantitative estimate of drug-likeness (QED) is 0.793. The van der Waals surface area contributed by atoms with Crippen LogP contribution in [0.2, 0.25) is 0 Å². The van der Waals surface area contributed by atoms with Crippen LogP contribution in [0.5, 0.6) is 0 Å². The number of hydrogen-bond donors (Lipinski definition) is 1. The van der Waals surface area contributed by atoms with Crippen molar-refractivity contribution < 1.29 is 0 Å². The van der Waals surface area contributed by atoms with E-state index in [-0.39, 0.29) is 0 Å². The fourth-order valence-electron chi connectivity index (χ4n) is 2.65. The number of nitrogens with one attached hydrogen (secondary N) is 1. The van der Waals surface area contributed by atoms with Crippen LogP contribution in [-0.4, -0.2) is 36.6 Å². The highest BCUT2D eigenvalue weighted by Gasteiger charge is 2.24. The first-order valence-electron chi connectivity index (χ1n) is 7.38. The van der Waals surface area contributed by atoms with E-state index in [0.29, 0.717) is 11.5 Å². The summed E-state index contributed by atoms with van der Waals surface area (Å²) in [6.07, 6.45) is 5.39. The average Bonchev–Trinajstić information content (AvgIpc) is 2.38. The highest BCUT2D eigenvalue weighted by molar-refractivity contribution is 4.79. The molecule has 0 aliphatic carbocycles. The summed E-state index contributed by atoms with van der Waals surface area (Å²) >= 11 is 0. The lowest BCUT2D eigenvalue weighted by atomic mass is 9.85. The van der Waals surface area contributed by atoms with Gasteiger partial charge >= 0.3 is 0 Å². The highest BCUT2D eigenvalue weighted by Crippen LogP contribution is 2.30. The molecule has 0 bridgehead atoms. The first-order chi connectivity index (χ1) is 7.91. The highest BCUT2D eigenvalue weighted by atomic mass is 15.2. The SMILES string of the molecule is CC(C)NCCC(C)N1CCCC(C)(C)CC1. The Balaban J connectivity index is 2.29. The molecule has 1 aliphatic rings. The van der Waals surface area contributed by atoms with Crippen LogP contribution in [0.3, 0.4) is 0 Å². The minimum Gasteiger partial charge on any atom is -0.314 e. The molecule has 0 amide bonds. The van der Waals surface area contributed by atoms with Gasteiger partial charge in [-0.2, -0.15) is 0 Å². The second-order valence-electron chi connectivity index (χ2n) is 6.80. The van der Waals surface area contributed by atoms with Crippen molar-refractivity contribution >= 4 is 0 Å². The summed E-state index contributed by atoms with van der Waals surface area (Å²) in [5.74, 6) is 0. The monoisotopic (exact) mass is 240 g/mol. The first-order valence-corrected chi connectivity index (χ1v) is 7.38. The molecule has 2 heteroatoms. The van der Waals surface area contributed by atoms with Crippen LogP contribution in [0.15, 0.2) is 0 Å². The van der Waals surface area contributed by atoms with Crippen LogP contribution in [-0.2, 0) is 0 Å². The third kappa shape index (κ3) is 5.87. The summed E-state index contributed by atoms with van der Waals surface area (Å²) in [4.78, 5) is 2.69. The van der Waals surface area contributed by atoms with E-state index in [9.17, 15) is 0 Å². The topological polar surface area (TPSA) is 15.3 Å². The Kier molecular flexibility index (Phi) is 5.94. The van der Waals surface area contributed by atoms with Crippen molar-refractivity contribution in [2.75, 3.05) is 19.6 Å². The normalized spacial score (nSPS) is 23.6.